The maximum atomic E-state index is 11.7. The van der Waals surface area contributed by atoms with Gasteiger partial charge in [0.1, 0.15) is 171 Å². The first-order valence-electron chi connectivity index (χ1n) is 24.6. The van der Waals surface area contributed by atoms with E-state index in [9.17, 15) is 117 Å². The van der Waals surface area contributed by atoms with Gasteiger partial charge < -0.3 is 179 Å². The summed E-state index contributed by atoms with van der Waals surface area (Å²) in [7, 11) is 0. The first kappa shape index (κ1) is 65.7. The van der Waals surface area contributed by atoms with Crippen molar-refractivity contribution in [1.29, 1.82) is 0 Å². The van der Waals surface area contributed by atoms with Crippen molar-refractivity contribution >= 4 is 0 Å². The fourth-order valence-corrected chi connectivity index (χ4v) is 9.17. The summed E-state index contributed by atoms with van der Waals surface area (Å²) in [5, 5.41) is 251. The smallest absolute Gasteiger partial charge is 0.187 e. The zero-order chi connectivity index (χ0) is 57.8. The van der Waals surface area contributed by atoms with Gasteiger partial charge in [0.15, 0.2) is 37.7 Å². The fourth-order valence-electron chi connectivity index (χ4n) is 9.17. The molecule has 36 heteroatoms. The molecular formula is C42H74O36. The van der Waals surface area contributed by atoms with Gasteiger partial charge in [-0.2, -0.15) is 0 Å². The largest absolute Gasteiger partial charge is 0.394 e. The van der Waals surface area contributed by atoms with E-state index in [2.05, 4.69) is 0 Å². The molecular weight excluding hydrogens is 1080 g/mol. The molecule has 6 aliphatic rings. The molecule has 0 spiro atoms. The highest BCUT2D eigenvalue weighted by Crippen LogP contribution is 2.34. The summed E-state index contributed by atoms with van der Waals surface area (Å²) in [5.41, 5.74) is 0. The number of hydrogen-bond donors (Lipinski definition) is 24. The molecule has 6 rings (SSSR count). The topological polar surface area (TPSA) is 596 Å². The predicted molar refractivity (Wildman–Crippen MR) is 234 cm³/mol. The summed E-state index contributed by atoms with van der Waals surface area (Å²) in [5.74, 6) is 0. The van der Waals surface area contributed by atoms with E-state index < -0.39 is 262 Å². The highest BCUT2D eigenvalue weighted by atomic mass is 16.8. The first-order valence-corrected chi connectivity index (χ1v) is 24.6. The quantitative estimate of drug-likeness (QED) is 0.0452. The number of rotatable bonds is 23. The van der Waals surface area contributed by atoms with Gasteiger partial charge in [-0.15, -0.1) is 0 Å². The Balaban J connectivity index is 1.22. The summed E-state index contributed by atoms with van der Waals surface area (Å²) in [6.45, 7) is -7.63. The van der Waals surface area contributed by atoms with Crippen LogP contribution in [0.25, 0.3) is 0 Å². The van der Waals surface area contributed by atoms with Crippen molar-refractivity contribution in [3.63, 3.8) is 0 Å². The molecule has 6 fully saturated rings. The second-order valence-electron chi connectivity index (χ2n) is 19.5. The summed E-state index contributed by atoms with van der Waals surface area (Å²) >= 11 is 0. The zero-order valence-corrected chi connectivity index (χ0v) is 40.9. The van der Waals surface area contributed by atoms with Crippen LogP contribution >= 0.6 is 0 Å². The first-order chi connectivity index (χ1) is 36.8. The van der Waals surface area contributed by atoms with Gasteiger partial charge in [-0.1, -0.05) is 0 Å². The summed E-state index contributed by atoms with van der Waals surface area (Å²) in [6.07, 6.45) is -67.2. The maximum absolute atomic E-state index is 11.7. The molecule has 0 unspecified atom stereocenters. The highest BCUT2D eigenvalue weighted by Gasteiger charge is 2.55. The number of aliphatic hydroxyl groups is 24. The fraction of sp³-hybridized carbons (Fsp3) is 1.00. The third kappa shape index (κ3) is 14.5. The molecule has 0 aromatic rings. The predicted octanol–water partition coefficient (Wildman–Crippen LogP) is -16.6. The van der Waals surface area contributed by atoms with E-state index in [0.29, 0.717) is 0 Å². The van der Waals surface area contributed by atoms with Gasteiger partial charge in [-0.25, -0.2) is 0 Å². The Bertz CT molecular complexity index is 1760. The molecule has 0 bridgehead atoms. The van der Waals surface area contributed by atoms with Crippen LogP contribution in [-0.4, -0.2) is 384 Å². The van der Waals surface area contributed by atoms with Crippen LogP contribution in [0, 0.1) is 0 Å². The van der Waals surface area contributed by atoms with Crippen LogP contribution in [0.3, 0.4) is 0 Å². The van der Waals surface area contributed by atoms with E-state index in [1.807, 2.05) is 0 Å². The van der Waals surface area contributed by atoms with Crippen molar-refractivity contribution in [2.24, 2.45) is 0 Å². The maximum Gasteiger partial charge on any atom is 0.187 e. The van der Waals surface area contributed by atoms with Crippen LogP contribution in [-0.2, 0) is 56.8 Å². The lowest BCUT2D eigenvalue weighted by molar-refractivity contribution is -0.378. The molecule has 0 aromatic heterocycles. The van der Waals surface area contributed by atoms with Crippen molar-refractivity contribution in [3.05, 3.63) is 0 Å². The highest BCUT2D eigenvalue weighted by molar-refractivity contribution is 4.98. The number of hydrogen-bond acceptors (Lipinski definition) is 36. The van der Waals surface area contributed by atoms with Crippen molar-refractivity contribution in [2.45, 2.75) is 209 Å². The average molecular weight is 1160 g/mol. The van der Waals surface area contributed by atoms with Crippen LogP contribution < -0.4 is 0 Å². The Kier molecular flexibility index (Phi) is 24.3. The Morgan fingerprint density at radius 1 is 0.282 bits per heavy atom. The summed E-state index contributed by atoms with van der Waals surface area (Å²) in [6, 6.07) is 0. The average Bonchev–Trinajstić information content (AvgIpc) is 3.44. The van der Waals surface area contributed by atoms with Crippen molar-refractivity contribution in [1.82, 2.24) is 0 Å². The standard InChI is InChI=1S/C42H74O36/c43-1-9(47)17(49)18(50)10(48)5-67-39-33(65)35(77-41-31(63)26(58)20(52)12(3-45)72-41)24(56)16(75-39)8-70-40-34(66)36(78-42-32(64)27(59)21(53)13(4-46)73-42)23(55)15(76-40)7-69-38-30(62)28(60)22(54)14(74-38)6-68-37-29(61)25(57)19(51)11(2-44)71-37/h9-66H,1-8H2/t9-,10+,11+,12+,13+,14+,15+,16+,17+,18+,19+,20+,21+,22+,23+,24+,25-,26-,27-,28-,29+,30+,31+,32+,33+,34+,35-,36-,37+,38+,39+,40+,41-,42-/m0/s1. The molecule has 0 radical (unpaired) electrons. The van der Waals surface area contributed by atoms with E-state index in [0.717, 1.165) is 0 Å². The third-order valence-electron chi connectivity index (χ3n) is 14.1. The van der Waals surface area contributed by atoms with Gasteiger partial charge in [0.25, 0.3) is 0 Å². The number of ether oxygens (including phenoxy) is 12. The van der Waals surface area contributed by atoms with Crippen LogP contribution in [0.4, 0.5) is 0 Å². The lowest BCUT2D eigenvalue weighted by Gasteiger charge is -2.48. The SMILES string of the molecule is OC[C@H](O)[C@@H](O)[C@H](O)[C@H](O)CO[C@@H]1O[C@H](CO[C@@H]2O[C@H](CO[C@@H]3O[C@H](CO[C@@H]4O[C@H](CO)[C@@H](O)[C@H](O)[C@H]4O)[C@@H](O)[C@H](O)[C@H]3O)[C@@H](O)[C@H](O[C@@H]3O[C@H](CO)[C@@H](O)[C@H](O)[C@H]3O)[C@H]2O)[C@@H](O)[C@H](O[C@@H]2O[C@H](CO)[C@@H](O)[C@H](O)[C@H]2O)[C@H]1O. The molecule has 0 amide bonds. The van der Waals surface area contributed by atoms with Gasteiger partial charge in [0.05, 0.1) is 52.9 Å². The molecule has 24 N–H and O–H groups in total. The van der Waals surface area contributed by atoms with Gasteiger partial charge in [-0.3, -0.25) is 0 Å². The van der Waals surface area contributed by atoms with Crippen LogP contribution in [0.5, 0.6) is 0 Å². The summed E-state index contributed by atoms with van der Waals surface area (Å²) < 4.78 is 66.8. The minimum Gasteiger partial charge on any atom is -0.394 e. The van der Waals surface area contributed by atoms with Crippen molar-refractivity contribution < 1.29 is 179 Å². The van der Waals surface area contributed by atoms with E-state index in [4.69, 9.17) is 61.9 Å². The number of aliphatic hydroxyl groups excluding tert-OH is 24. The normalized spacial score (nSPS) is 49.2. The molecule has 36 nitrogen and oxygen atoms in total. The van der Waals surface area contributed by atoms with Crippen molar-refractivity contribution in [3.8, 4) is 0 Å². The molecule has 6 aliphatic heterocycles. The van der Waals surface area contributed by atoms with E-state index in [1.165, 1.54) is 0 Å². The minimum atomic E-state index is -2.25. The zero-order valence-electron chi connectivity index (χ0n) is 40.9. The molecule has 0 aliphatic carbocycles. The van der Waals surface area contributed by atoms with Gasteiger partial charge in [0, 0.05) is 0 Å². The lowest BCUT2D eigenvalue weighted by atomic mass is 9.96. The molecule has 458 valence electrons. The van der Waals surface area contributed by atoms with E-state index in [-0.39, 0.29) is 0 Å². The Morgan fingerprint density at radius 2 is 0.551 bits per heavy atom. The Morgan fingerprint density at radius 3 is 0.897 bits per heavy atom. The molecule has 0 aromatic carbocycles. The van der Waals surface area contributed by atoms with Gasteiger partial charge in [-0.05, 0) is 0 Å². The Labute approximate surface area is 440 Å². The second-order valence-corrected chi connectivity index (χ2v) is 19.5. The van der Waals surface area contributed by atoms with Crippen LogP contribution in [0.15, 0.2) is 0 Å². The van der Waals surface area contributed by atoms with Crippen LogP contribution in [0.2, 0.25) is 0 Å². The van der Waals surface area contributed by atoms with Gasteiger partial charge in [0.2, 0.25) is 0 Å². The van der Waals surface area contributed by atoms with E-state index in [1.54, 1.807) is 0 Å². The van der Waals surface area contributed by atoms with Crippen molar-refractivity contribution in [2.75, 3.05) is 52.9 Å². The van der Waals surface area contributed by atoms with Gasteiger partial charge >= 0.3 is 0 Å². The Hall–Kier alpha value is -1.44. The second kappa shape index (κ2) is 28.9. The molecule has 6 heterocycles. The third-order valence-corrected chi connectivity index (χ3v) is 14.1. The summed E-state index contributed by atoms with van der Waals surface area (Å²) in [4.78, 5) is 0. The van der Waals surface area contributed by atoms with Crippen LogP contribution in [0.1, 0.15) is 0 Å². The molecule has 6 saturated heterocycles. The molecule has 34 atom stereocenters. The van der Waals surface area contributed by atoms with E-state index >= 15 is 0 Å². The minimum absolute atomic E-state index is 0.792. The molecule has 0 saturated carbocycles. The molecule has 78 heavy (non-hydrogen) atoms. The monoisotopic (exact) mass is 1150 g/mol. The lowest BCUT2D eigenvalue weighted by Crippen LogP contribution is -2.66.